The van der Waals surface area contributed by atoms with Gasteiger partial charge in [-0.2, -0.15) is 11.8 Å². The Labute approximate surface area is 195 Å². The fraction of sp³-hybridized carbons (Fsp3) is 0.440. The summed E-state index contributed by atoms with van der Waals surface area (Å²) in [5.74, 6) is 0.495. The zero-order chi connectivity index (χ0) is 22.8. The molecule has 0 bridgehead atoms. The van der Waals surface area contributed by atoms with Gasteiger partial charge in [-0.25, -0.2) is 0 Å². The molecule has 172 valence electrons. The molecule has 0 aliphatic carbocycles. The maximum absolute atomic E-state index is 12.8. The highest BCUT2D eigenvalue weighted by Crippen LogP contribution is 2.17. The van der Waals surface area contributed by atoms with Crippen LogP contribution in [-0.4, -0.2) is 74.0 Å². The first-order valence-corrected chi connectivity index (χ1v) is 12.6. The van der Waals surface area contributed by atoms with Crippen LogP contribution in [0.1, 0.15) is 22.3 Å². The Morgan fingerprint density at radius 3 is 2.47 bits per heavy atom. The number of amides is 2. The minimum atomic E-state index is -0.520. The quantitative estimate of drug-likeness (QED) is 0.578. The summed E-state index contributed by atoms with van der Waals surface area (Å²) in [4.78, 5) is 30.1. The average Bonchev–Trinajstić information content (AvgIpc) is 2.82. The molecule has 1 heterocycles. The van der Waals surface area contributed by atoms with Gasteiger partial charge in [0.25, 0.3) is 5.91 Å². The lowest BCUT2D eigenvalue weighted by molar-refractivity contribution is -0.123. The van der Waals surface area contributed by atoms with Crippen LogP contribution in [0.2, 0.25) is 0 Å². The molecule has 0 spiro atoms. The highest BCUT2D eigenvalue weighted by atomic mass is 32.2. The van der Waals surface area contributed by atoms with E-state index in [1.54, 1.807) is 23.9 Å². The van der Waals surface area contributed by atoms with Gasteiger partial charge in [-0.3, -0.25) is 14.5 Å². The Kier molecular flexibility index (Phi) is 9.43. The van der Waals surface area contributed by atoms with E-state index < -0.39 is 6.04 Å². The van der Waals surface area contributed by atoms with Crippen LogP contribution in [0, 0.1) is 6.92 Å². The zero-order valence-corrected chi connectivity index (χ0v) is 19.9. The third-order valence-electron chi connectivity index (χ3n) is 5.73. The predicted octanol–water partition coefficient (Wildman–Crippen LogP) is 2.78. The monoisotopic (exact) mass is 454 g/mol. The summed E-state index contributed by atoms with van der Waals surface area (Å²) >= 11 is 1.67. The van der Waals surface area contributed by atoms with Gasteiger partial charge in [-0.05, 0) is 55.2 Å². The molecule has 2 N–H and O–H groups in total. The average molecular weight is 455 g/mol. The molecule has 1 unspecified atom stereocenters. The van der Waals surface area contributed by atoms with Crippen LogP contribution in [0.15, 0.2) is 54.6 Å². The Morgan fingerprint density at radius 2 is 1.78 bits per heavy atom. The number of hydrogen-bond donors (Lipinski definition) is 2. The highest BCUT2D eigenvalue weighted by molar-refractivity contribution is 7.98. The molecule has 1 aliphatic heterocycles. The van der Waals surface area contributed by atoms with E-state index in [9.17, 15) is 9.59 Å². The molecule has 1 saturated heterocycles. The summed E-state index contributed by atoms with van der Waals surface area (Å²) in [6.07, 6.45) is 2.62. The van der Waals surface area contributed by atoms with Crippen molar-refractivity contribution in [1.82, 2.24) is 15.5 Å². The number of aryl methyl sites for hydroxylation is 1. The number of nitrogens with one attached hydrogen (secondary N) is 2. The zero-order valence-electron chi connectivity index (χ0n) is 19.0. The number of hydrogen-bond acceptors (Lipinski definition) is 5. The molecule has 1 fully saturated rings. The van der Waals surface area contributed by atoms with Crippen molar-refractivity contribution < 1.29 is 9.59 Å². The van der Waals surface area contributed by atoms with Crippen molar-refractivity contribution in [2.24, 2.45) is 0 Å². The van der Waals surface area contributed by atoms with E-state index >= 15 is 0 Å². The van der Waals surface area contributed by atoms with Gasteiger partial charge in [0.1, 0.15) is 6.04 Å². The molecule has 1 aliphatic rings. The molecule has 2 aromatic rings. The molecule has 32 heavy (non-hydrogen) atoms. The Balaban J connectivity index is 1.43. The van der Waals surface area contributed by atoms with E-state index in [4.69, 9.17) is 0 Å². The molecule has 0 aromatic heterocycles. The second kappa shape index (κ2) is 12.5. The van der Waals surface area contributed by atoms with Crippen molar-refractivity contribution in [2.75, 3.05) is 56.2 Å². The molecule has 0 saturated carbocycles. The molecule has 0 radical (unpaired) electrons. The van der Waals surface area contributed by atoms with Crippen molar-refractivity contribution in [3.05, 3.63) is 65.7 Å². The van der Waals surface area contributed by atoms with Crippen LogP contribution in [-0.2, 0) is 4.79 Å². The van der Waals surface area contributed by atoms with Gasteiger partial charge in [-0.15, -0.1) is 0 Å². The lowest BCUT2D eigenvalue weighted by Crippen LogP contribution is -2.51. The summed E-state index contributed by atoms with van der Waals surface area (Å²) in [6, 6.07) is 17.1. The number of carbonyl (C=O) groups excluding carboxylic acids is 2. The van der Waals surface area contributed by atoms with Gasteiger partial charge in [0.2, 0.25) is 5.91 Å². The van der Waals surface area contributed by atoms with Crippen molar-refractivity contribution in [3.63, 3.8) is 0 Å². The van der Waals surface area contributed by atoms with Crippen molar-refractivity contribution in [3.8, 4) is 0 Å². The Morgan fingerprint density at radius 1 is 1.03 bits per heavy atom. The van der Waals surface area contributed by atoms with Crippen LogP contribution < -0.4 is 15.5 Å². The second-order valence-electron chi connectivity index (χ2n) is 8.13. The normalized spacial score (nSPS) is 15.2. The maximum Gasteiger partial charge on any atom is 0.251 e. The van der Waals surface area contributed by atoms with Gasteiger partial charge in [-0.1, -0.05) is 30.3 Å². The van der Waals surface area contributed by atoms with Crippen LogP contribution in [0.25, 0.3) is 0 Å². The van der Waals surface area contributed by atoms with Crippen LogP contribution in [0.5, 0.6) is 0 Å². The first-order valence-electron chi connectivity index (χ1n) is 11.2. The molecular formula is C25H34N4O2S. The van der Waals surface area contributed by atoms with E-state index in [-0.39, 0.29) is 11.8 Å². The van der Waals surface area contributed by atoms with E-state index in [0.29, 0.717) is 18.5 Å². The molecule has 2 aromatic carbocycles. The topological polar surface area (TPSA) is 64.7 Å². The summed E-state index contributed by atoms with van der Waals surface area (Å²) < 4.78 is 0. The highest BCUT2D eigenvalue weighted by Gasteiger charge is 2.22. The molecule has 1 atom stereocenters. The number of thioether (sulfide) groups is 1. The van der Waals surface area contributed by atoms with Gasteiger partial charge in [0, 0.05) is 50.5 Å². The fourth-order valence-electron chi connectivity index (χ4n) is 3.85. The maximum atomic E-state index is 12.8. The molecule has 7 heteroatoms. The van der Waals surface area contributed by atoms with E-state index in [0.717, 1.165) is 38.5 Å². The summed E-state index contributed by atoms with van der Waals surface area (Å²) in [5, 5.41) is 5.93. The first-order chi connectivity index (χ1) is 15.6. The van der Waals surface area contributed by atoms with Crippen molar-refractivity contribution in [1.29, 1.82) is 0 Å². The molecule has 6 nitrogen and oxygen atoms in total. The Bertz CT molecular complexity index is 869. The number of rotatable bonds is 10. The van der Waals surface area contributed by atoms with E-state index in [1.807, 2.05) is 24.5 Å². The first kappa shape index (κ1) is 24.1. The molecule has 2 amide bonds. The lowest BCUT2D eigenvalue weighted by atomic mass is 10.1. The smallest absolute Gasteiger partial charge is 0.251 e. The summed E-state index contributed by atoms with van der Waals surface area (Å²) in [5.41, 5.74) is 3.13. The lowest BCUT2D eigenvalue weighted by Gasteiger charge is -2.36. The predicted molar refractivity (Wildman–Crippen MR) is 134 cm³/mol. The Hall–Kier alpha value is -2.51. The number of anilines is 1. The second-order valence-corrected chi connectivity index (χ2v) is 9.12. The van der Waals surface area contributed by atoms with Gasteiger partial charge >= 0.3 is 0 Å². The third kappa shape index (κ3) is 7.28. The summed E-state index contributed by atoms with van der Waals surface area (Å²) in [7, 11) is 0. The number of benzene rings is 2. The molecular weight excluding hydrogens is 420 g/mol. The van der Waals surface area contributed by atoms with E-state index in [1.165, 1.54) is 11.3 Å². The SMILES string of the molecule is CSCCC(NC(=O)c1ccccc1)C(=O)NCCN1CCN(c2cccc(C)c2)CC1. The van der Waals surface area contributed by atoms with Gasteiger partial charge in [0.05, 0.1) is 0 Å². The fourth-order valence-corrected chi connectivity index (χ4v) is 4.32. The van der Waals surface area contributed by atoms with Crippen molar-refractivity contribution >= 4 is 29.3 Å². The van der Waals surface area contributed by atoms with Crippen LogP contribution >= 0.6 is 11.8 Å². The molecule has 3 rings (SSSR count). The van der Waals surface area contributed by atoms with Gasteiger partial charge < -0.3 is 15.5 Å². The number of nitrogens with zero attached hydrogens (tertiary/aromatic N) is 2. The number of piperazine rings is 1. The number of carbonyl (C=O) groups is 2. The summed E-state index contributed by atoms with van der Waals surface area (Å²) in [6.45, 7) is 7.45. The standard InChI is InChI=1S/C25H34N4O2S/c1-20-7-6-10-22(19-20)29-16-14-28(15-17-29)13-12-26-25(31)23(11-18-32-2)27-24(30)21-8-4-3-5-9-21/h3-10,19,23H,11-18H2,1-2H3,(H,26,31)(H,27,30). The van der Waals surface area contributed by atoms with Crippen LogP contribution in [0.4, 0.5) is 5.69 Å². The largest absolute Gasteiger partial charge is 0.369 e. The minimum Gasteiger partial charge on any atom is -0.369 e. The third-order valence-corrected chi connectivity index (χ3v) is 6.38. The van der Waals surface area contributed by atoms with E-state index in [2.05, 4.69) is 51.6 Å². The van der Waals surface area contributed by atoms with Crippen LogP contribution in [0.3, 0.4) is 0 Å². The van der Waals surface area contributed by atoms with Crippen molar-refractivity contribution in [2.45, 2.75) is 19.4 Å². The minimum absolute atomic E-state index is 0.110. The van der Waals surface area contributed by atoms with Gasteiger partial charge in [0.15, 0.2) is 0 Å².